The Hall–Kier alpha value is -1.96. The molecule has 0 fully saturated rings. The van der Waals surface area contributed by atoms with Crippen molar-refractivity contribution in [2.75, 3.05) is 0 Å². The van der Waals surface area contributed by atoms with Crippen LogP contribution in [0.4, 0.5) is 0 Å². The third-order valence-corrected chi connectivity index (χ3v) is 2.02. The minimum absolute atomic E-state index is 0. The Kier molecular flexibility index (Phi) is 9.19. The van der Waals surface area contributed by atoms with Crippen molar-refractivity contribution in [1.82, 2.24) is 0 Å². The average Bonchev–Trinajstić information content (AvgIpc) is 2.34. The zero-order chi connectivity index (χ0) is 13.7. The molecule has 2 aromatic rings. The maximum Gasteiger partial charge on any atom is 0.177 e. The molecule has 1 radical (unpaired) electrons. The van der Waals surface area contributed by atoms with Gasteiger partial charge in [-0.05, 0) is 25.3 Å². The van der Waals surface area contributed by atoms with Crippen molar-refractivity contribution in [2.24, 2.45) is 0 Å². The fourth-order valence-electron chi connectivity index (χ4n) is 1.00. The van der Waals surface area contributed by atoms with Crippen LogP contribution in [0.15, 0.2) is 43.1 Å². The number of aryl methyl sites for hydroxylation is 2. The molecule has 0 saturated carbocycles. The molecule has 0 unspecified atom stereocenters. The van der Waals surface area contributed by atoms with E-state index in [0.717, 1.165) is 12.1 Å². The van der Waals surface area contributed by atoms with Crippen LogP contribution in [0.2, 0.25) is 0 Å². The second-order valence-corrected chi connectivity index (χ2v) is 3.34. The van der Waals surface area contributed by atoms with Crippen molar-refractivity contribution in [3.05, 3.63) is 56.6 Å². The zero-order valence-corrected chi connectivity index (χ0v) is 12.1. The molecule has 2 heterocycles. The Balaban J connectivity index is 0. The molecule has 7 nitrogen and oxygen atoms in total. The van der Waals surface area contributed by atoms with Crippen LogP contribution in [0.5, 0.6) is 11.5 Å². The van der Waals surface area contributed by atoms with Gasteiger partial charge in [-0.15, -0.1) is 0 Å². The second kappa shape index (κ2) is 9.03. The first kappa shape index (κ1) is 20.4. The predicted octanol–water partition coefficient (Wildman–Crippen LogP) is -0.136. The van der Waals surface area contributed by atoms with Gasteiger partial charge in [-0.2, -0.15) is 0 Å². The van der Waals surface area contributed by atoms with Gasteiger partial charge in [-0.25, -0.2) is 0 Å². The summed E-state index contributed by atoms with van der Waals surface area (Å²) < 4.78 is 9.25. The van der Waals surface area contributed by atoms with Gasteiger partial charge in [0, 0.05) is 30.7 Å². The molecule has 0 aliphatic heterocycles. The molecule has 0 aliphatic carbocycles. The first-order chi connectivity index (χ1) is 8.43. The standard InChI is InChI=1S/2C6H6O3.H2O.V/c2*1-4-6(8)5(7)2-3-9-4;;/h2*2-3,8H,1H3;1H2;/p-3. The summed E-state index contributed by atoms with van der Waals surface area (Å²) in [7, 11) is 0. The summed E-state index contributed by atoms with van der Waals surface area (Å²) in [6.07, 6.45) is 2.41. The molecule has 0 aromatic carbocycles. The maximum absolute atomic E-state index is 10.6. The molecule has 0 spiro atoms. The predicted molar refractivity (Wildman–Crippen MR) is 60.3 cm³/mol. The maximum atomic E-state index is 10.6. The summed E-state index contributed by atoms with van der Waals surface area (Å²) in [5.74, 6) is -0.833. The Morgan fingerprint density at radius 3 is 1.35 bits per heavy atom. The van der Waals surface area contributed by atoms with E-state index < -0.39 is 22.4 Å². The largest absolute Gasteiger partial charge is 0.870 e. The molecule has 0 aliphatic rings. The molecule has 0 bridgehead atoms. The topological polar surface area (TPSA) is 137 Å². The van der Waals surface area contributed by atoms with Crippen molar-refractivity contribution in [2.45, 2.75) is 13.8 Å². The SMILES string of the molecule is Cc1occc(=O)c1[O-].Cc1occc(=O)c1[O-].[OH-].[V]. The number of hydrogen-bond donors (Lipinski definition) is 0. The Labute approximate surface area is 125 Å². The van der Waals surface area contributed by atoms with E-state index in [2.05, 4.69) is 8.83 Å². The Morgan fingerprint density at radius 2 is 1.15 bits per heavy atom. The van der Waals surface area contributed by atoms with E-state index in [-0.39, 0.29) is 35.6 Å². The van der Waals surface area contributed by atoms with E-state index >= 15 is 0 Å². The minimum atomic E-state index is -0.558. The number of hydrogen-bond acceptors (Lipinski definition) is 7. The van der Waals surface area contributed by atoms with Gasteiger partial charge in [-0.1, -0.05) is 0 Å². The van der Waals surface area contributed by atoms with Crippen molar-refractivity contribution in [3.63, 3.8) is 0 Å². The molecule has 2 rings (SSSR count). The third kappa shape index (κ3) is 5.35. The van der Waals surface area contributed by atoms with Gasteiger partial charge in [0.15, 0.2) is 10.9 Å². The molecule has 109 valence electrons. The number of rotatable bonds is 0. The van der Waals surface area contributed by atoms with E-state index in [4.69, 9.17) is 0 Å². The molecule has 20 heavy (non-hydrogen) atoms. The first-order valence-corrected chi connectivity index (χ1v) is 4.94. The minimum Gasteiger partial charge on any atom is -0.870 e. The summed E-state index contributed by atoms with van der Waals surface area (Å²) in [5.41, 5.74) is -1.03. The quantitative estimate of drug-likeness (QED) is 0.659. The molecule has 0 amide bonds. The van der Waals surface area contributed by atoms with Gasteiger partial charge < -0.3 is 24.5 Å². The van der Waals surface area contributed by atoms with Gasteiger partial charge in [0.2, 0.25) is 0 Å². The van der Waals surface area contributed by atoms with Crippen LogP contribution in [-0.2, 0) is 18.6 Å². The summed E-state index contributed by atoms with van der Waals surface area (Å²) in [5, 5.41) is 21.1. The molecule has 0 saturated heterocycles. The zero-order valence-electron chi connectivity index (χ0n) is 10.7. The van der Waals surface area contributed by atoms with Gasteiger partial charge in [0.05, 0.1) is 24.0 Å². The molecule has 0 atom stereocenters. The van der Waals surface area contributed by atoms with E-state index in [1.54, 1.807) is 0 Å². The third-order valence-electron chi connectivity index (χ3n) is 2.02. The second-order valence-electron chi connectivity index (χ2n) is 3.34. The van der Waals surface area contributed by atoms with Crippen molar-refractivity contribution in [1.29, 1.82) is 0 Å². The van der Waals surface area contributed by atoms with Crippen LogP contribution >= 0.6 is 0 Å². The molecular weight excluding hydrogens is 307 g/mol. The van der Waals surface area contributed by atoms with Gasteiger partial charge in [-0.3, -0.25) is 9.59 Å². The van der Waals surface area contributed by atoms with Crippen LogP contribution in [0.1, 0.15) is 11.5 Å². The van der Waals surface area contributed by atoms with Crippen LogP contribution in [0.3, 0.4) is 0 Å². The van der Waals surface area contributed by atoms with Crippen LogP contribution in [-0.4, -0.2) is 5.48 Å². The smallest absolute Gasteiger partial charge is 0.177 e. The van der Waals surface area contributed by atoms with Crippen LogP contribution < -0.4 is 21.1 Å². The van der Waals surface area contributed by atoms with E-state index in [0.29, 0.717) is 0 Å². The van der Waals surface area contributed by atoms with Crippen molar-refractivity contribution >= 4 is 0 Å². The molecule has 8 heteroatoms. The fraction of sp³-hybridized carbons (Fsp3) is 0.167. The van der Waals surface area contributed by atoms with Gasteiger partial charge in [0.1, 0.15) is 0 Å². The van der Waals surface area contributed by atoms with Crippen LogP contribution in [0.25, 0.3) is 0 Å². The monoisotopic (exact) mass is 318 g/mol. The Morgan fingerprint density at radius 1 is 0.850 bits per heavy atom. The van der Waals surface area contributed by atoms with E-state index in [1.807, 2.05) is 0 Å². The summed E-state index contributed by atoms with van der Waals surface area (Å²) in [4.78, 5) is 20.9. The summed E-state index contributed by atoms with van der Waals surface area (Å²) in [6, 6.07) is 2.21. The summed E-state index contributed by atoms with van der Waals surface area (Å²) in [6.45, 7) is 2.92. The van der Waals surface area contributed by atoms with Gasteiger partial charge in [0.25, 0.3) is 0 Å². The molecule has 1 N–H and O–H groups in total. The van der Waals surface area contributed by atoms with Gasteiger partial charge >= 0.3 is 0 Å². The average molecular weight is 318 g/mol. The normalized spacial score (nSPS) is 8.50. The summed E-state index contributed by atoms with van der Waals surface area (Å²) >= 11 is 0. The Bertz CT molecular complexity index is 587. The van der Waals surface area contributed by atoms with Crippen molar-refractivity contribution in [3.8, 4) is 11.5 Å². The van der Waals surface area contributed by atoms with Crippen molar-refractivity contribution < 1.29 is 43.1 Å². The molecule has 2 aromatic heterocycles. The molecular formula is C12H11O7V-3. The van der Waals surface area contributed by atoms with E-state index in [9.17, 15) is 19.8 Å². The van der Waals surface area contributed by atoms with E-state index in [1.165, 1.54) is 26.4 Å². The fourth-order valence-corrected chi connectivity index (χ4v) is 1.00. The van der Waals surface area contributed by atoms with Crippen LogP contribution in [0, 0.1) is 13.8 Å². The first-order valence-electron chi connectivity index (χ1n) is 4.94.